The van der Waals surface area contributed by atoms with E-state index in [1.165, 1.54) is 25.0 Å². The third-order valence-electron chi connectivity index (χ3n) is 3.11. The minimum atomic E-state index is -0.418. The van der Waals surface area contributed by atoms with Crippen molar-refractivity contribution in [2.45, 2.75) is 38.4 Å². The fraction of sp³-hybridized carbons (Fsp3) is 0.500. The van der Waals surface area contributed by atoms with Crippen LogP contribution in [-0.2, 0) is 11.3 Å². The van der Waals surface area contributed by atoms with E-state index in [1.54, 1.807) is 6.07 Å². The normalized spacial score (nSPS) is 16.2. The summed E-state index contributed by atoms with van der Waals surface area (Å²) in [6.45, 7) is 0.359. The smallest absolute Gasteiger partial charge is 0.269 e. The van der Waals surface area contributed by atoms with E-state index < -0.39 is 4.92 Å². The molecule has 0 spiro atoms. The number of benzene rings is 1. The molecule has 1 fully saturated rings. The maximum atomic E-state index is 10.6. The standard InChI is InChI=1S/C12H16N2O3/c13-12-6-5-10(14(15)16)7-9(12)8-17-11-3-1-2-4-11/h5-7,11H,1-4,8,13H2. The van der Waals surface area contributed by atoms with Gasteiger partial charge in [0.05, 0.1) is 17.6 Å². The highest BCUT2D eigenvalue weighted by Gasteiger charge is 2.16. The summed E-state index contributed by atoms with van der Waals surface area (Å²) in [5, 5.41) is 10.6. The summed E-state index contributed by atoms with van der Waals surface area (Å²) in [5.74, 6) is 0. The molecule has 2 N–H and O–H groups in total. The van der Waals surface area contributed by atoms with Crippen LogP contribution in [0.25, 0.3) is 0 Å². The van der Waals surface area contributed by atoms with Gasteiger partial charge < -0.3 is 10.5 Å². The van der Waals surface area contributed by atoms with Crippen molar-refractivity contribution in [2.75, 3.05) is 5.73 Å². The van der Waals surface area contributed by atoms with Crippen LogP contribution in [0.15, 0.2) is 18.2 Å². The zero-order valence-corrected chi connectivity index (χ0v) is 9.59. The first-order valence-electron chi connectivity index (χ1n) is 5.81. The largest absolute Gasteiger partial charge is 0.398 e. The van der Waals surface area contributed by atoms with Crippen LogP contribution in [0.3, 0.4) is 0 Å². The summed E-state index contributed by atoms with van der Waals surface area (Å²) in [5.41, 5.74) is 7.08. The Kier molecular flexibility index (Phi) is 3.58. The molecule has 1 aromatic rings. The van der Waals surface area contributed by atoms with Gasteiger partial charge in [-0.05, 0) is 18.9 Å². The van der Waals surface area contributed by atoms with Crippen molar-refractivity contribution in [3.63, 3.8) is 0 Å². The van der Waals surface area contributed by atoms with Crippen LogP contribution in [-0.4, -0.2) is 11.0 Å². The van der Waals surface area contributed by atoms with Crippen LogP contribution in [0.2, 0.25) is 0 Å². The molecule has 0 radical (unpaired) electrons. The Labute approximate surface area is 99.7 Å². The zero-order valence-electron chi connectivity index (χ0n) is 9.59. The summed E-state index contributed by atoms with van der Waals surface area (Å²) in [6, 6.07) is 4.46. The molecule has 0 amide bonds. The van der Waals surface area contributed by atoms with Crippen molar-refractivity contribution < 1.29 is 9.66 Å². The van der Waals surface area contributed by atoms with Crippen LogP contribution in [0.1, 0.15) is 31.2 Å². The SMILES string of the molecule is Nc1ccc([N+](=O)[O-])cc1COC1CCCC1. The van der Waals surface area contributed by atoms with Crippen molar-refractivity contribution >= 4 is 11.4 Å². The van der Waals surface area contributed by atoms with E-state index in [1.807, 2.05) is 0 Å². The van der Waals surface area contributed by atoms with E-state index in [4.69, 9.17) is 10.5 Å². The zero-order chi connectivity index (χ0) is 12.3. The lowest BCUT2D eigenvalue weighted by atomic mass is 10.1. The molecule has 2 rings (SSSR count). The lowest BCUT2D eigenvalue weighted by Gasteiger charge is -2.12. The highest BCUT2D eigenvalue weighted by Crippen LogP contribution is 2.25. The third kappa shape index (κ3) is 2.94. The van der Waals surface area contributed by atoms with Crippen LogP contribution >= 0.6 is 0 Å². The van der Waals surface area contributed by atoms with E-state index in [-0.39, 0.29) is 11.8 Å². The lowest BCUT2D eigenvalue weighted by Crippen LogP contribution is -2.08. The predicted molar refractivity (Wildman–Crippen MR) is 64.6 cm³/mol. The summed E-state index contributed by atoms with van der Waals surface area (Å²) in [7, 11) is 0. The molecule has 17 heavy (non-hydrogen) atoms. The van der Waals surface area contributed by atoms with Gasteiger partial charge in [0.1, 0.15) is 0 Å². The number of hydrogen-bond acceptors (Lipinski definition) is 4. The number of ether oxygens (including phenoxy) is 1. The molecule has 0 bridgehead atoms. The molecule has 5 heteroatoms. The fourth-order valence-electron chi connectivity index (χ4n) is 2.09. The number of nitro benzene ring substituents is 1. The van der Waals surface area contributed by atoms with Gasteiger partial charge in [-0.1, -0.05) is 12.8 Å². The number of nitrogens with zero attached hydrogens (tertiary/aromatic N) is 1. The monoisotopic (exact) mass is 236 g/mol. The Morgan fingerprint density at radius 2 is 2.12 bits per heavy atom. The Bertz CT molecular complexity index is 414. The topological polar surface area (TPSA) is 78.4 Å². The molecule has 1 aliphatic rings. The fourth-order valence-corrected chi connectivity index (χ4v) is 2.09. The molecule has 1 aromatic carbocycles. The van der Waals surface area contributed by atoms with Crippen molar-refractivity contribution in [3.8, 4) is 0 Å². The van der Waals surface area contributed by atoms with Crippen LogP contribution < -0.4 is 5.73 Å². The van der Waals surface area contributed by atoms with Crippen molar-refractivity contribution in [1.29, 1.82) is 0 Å². The van der Waals surface area contributed by atoms with Gasteiger partial charge >= 0.3 is 0 Å². The van der Waals surface area contributed by atoms with Gasteiger partial charge in [-0.25, -0.2) is 0 Å². The molecule has 0 saturated heterocycles. The Balaban J connectivity index is 2.03. The van der Waals surface area contributed by atoms with Crippen molar-refractivity contribution in [3.05, 3.63) is 33.9 Å². The quantitative estimate of drug-likeness (QED) is 0.495. The van der Waals surface area contributed by atoms with Crippen LogP contribution in [0.5, 0.6) is 0 Å². The molecule has 0 aromatic heterocycles. The van der Waals surface area contributed by atoms with Crippen molar-refractivity contribution in [2.24, 2.45) is 0 Å². The van der Waals surface area contributed by atoms with Gasteiger partial charge in [0.25, 0.3) is 5.69 Å². The van der Waals surface area contributed by atoms with E-state index in [0.29, 0.717) is 17.9 Å². The lowest BCUT2D eigenvalue weighted by molar-refractivity contribution is -0.384. The maximum Gasteiger partial charge on any atom is 0.269 e. The van der Waals surface area contributed by atoms with E-state index in [0.717, 1.165) is 12.8 Å². The van der Waals surface area contributed by atoms with Gasteiger partial charge in [-0.15, -0.1) is 0 Å². The summed E-state index contributed by atoms with van der Waals surface area (Å²) >= 11 is 0. The molecule has 0 heterocycles. The minimum Gasteiger partial charge on any atom is -0.398 e. The average Bonchev–Trinajstić information content (AvgIpc) is 2.80. The minimum absolute atomic E-state index is 0.0595. The number of rotatable bonds is 4. The number of nitro groups is 1. The van der Waals surface area contributed by atoms with E-state index >= 15 is 0 Å². The highest BCUT2D eigenvalue weighted by atomic mass is 16.6. The average molecular weight is 236 g/mol. The summed E-state index contributed by atoms with van der Waals surface area (Å²) in [6.07, 6.45) is 4.85. The van der Waals surface area contributed by atoms with Crippen molar-refractivity contribution in [1.82, 2.24) is 0 Å². The summed E-state index contributed by atoms with van der Waals surface area (Å²) in [4.78, 5) is 10.2. The number of nitrogens with two attached hydrogens (primary N) is 1. The first-order chi connectivity index (χ1) is 8.16. The molecule has 1 aliphatic carbocycles. The number of hydrogen-bond donors (Lipinski definition) is 1. The van der Waals surface area contributed by atoms with E-state index in [2.05, 4.69) is 0 Å². The molecule has 0 aliphatic heterocycles. The van der Waals surface area contributed by atoms with Gasteiger partial charge in [-0.2, -0.15) is 0 Å². The second-order valence-corrected chi connectivity index (χ2v) is 4.36. The van der Waals surface area contributed by atoms with Gasteiger partial charge in [-0.3, -0.25) is 10.1 Å². The molecular weight excluding hydrogens is 220 g/mol. The molecule has 92 valence electrons. The first kappa shape index (κ1) is 11.9. The third-order valence-corrected chi connectivity index (χ3v) is 3.11. The molecular formula is C12H16N2O3. The van der Waals surface area contributed by atoms with Crippen LogP contribution in [0, 0.1) is 10.1 Å². The highest BCUT2D eigenvalue weighted by molar-refractivity contribution is 5.52. The van der Waals surface area contributed by atoms with Gasteiger partial charge in [0.15, 0.2) is 0 Å². The molecule has 5 nitrogen and oxygen atoms in total. The van der Waals surface area contributed by atoms with Gasteiger partial charge in [0.2, 0.25) is 0 Å². The number of non-ortho nitro benzene ring substituents is 1. The van der Waals surface area contributed by atoms with Gasteiger partial charge in [0, 0.05) is 23.4 Å². The number of anilines is 1. The summed E-state index contributed by atoms with van der Waals surface area (Å²) < 4.78 is 5.70. The Hall–Kier alpha value is -1.62. The Morgan fingerprint density at radius 1 is 1.41 bits per heavy atom. The maximum absolute atomic E-state index is 10.6. The molecule has 0 atom stereocenters. The van der Waals surface area contributed by atoms with E-state index in [9.17, 15) is 10.1 Å². The first-order valence-corrected chi connectivity index (χ1v) is 5.81. The number of nitrogen functional groups attached to an aromatic ring is 1. The second-order valence-electron chi connectivity index (χ2n) is 4.36. The predicted octanol–water partition coefficient (Wildman–Crippen LogP) is 2.64. The van der Waals surface area contributed by atoms with Crippen LogP contribution in [0.4, 0.5) is 11.4 Å². The molecule has 0 unspecified atom stereocenters. The Morgan fingerprint density at radius 3 is 2.76 bits per heavy atom. The molecule has 1 saturated carbocycles. The second kappa shape index (κ2) is 5.14.